The highest BCUT2D eigenvalue weighted by Gasteiger charge is 2.17. The van der Waals surface area contributed by atoms with E-state index in [0.29, 0.717) is 5.69 Å². The van der Waals surface area contributed by atoms with Crippen molar-refractivity contribution in [3.63, 3.8) is 0 Å². The molecule has 23 heavy (non-hydrogen) atoms. The van der Waals surface area contributed by atoms with Crippen LogP contribution in [0.2, 0.25) is 0 Å². The van der Waals surface area contributed by atoms with Crippen LogP contribution in [0.1, 0.15) is 18.1 Å². The molecule has 0 saturated carbocycles. The molecule has 2 rings (SSSR count). The van der Waals surface area contributed by atoms with E-state index in [1.807, 2.05) is 55.5 Å². The number of para-hydroxylation sites is 1. The van der Waals surface area contributed by atoms with Crippen LogP contribution in [-0.4, -0.2) is 18.0 Å². The molecule has 0 bridgehead atoms. The molecule has 2 aromatic rings. The second-order valence-corrected chi connectivity index (χ2v) is 5.13. The van der Waals surface area contributed by atoms with Gasteiger partial charge in [0.15, 0.2) is 6.10 Å². The minimum absolute atomic E-state index is 0.360. The van der Waals surface area contributed by atoms with Crippen LogP contribution in [0.3, 0.4) is 0 Å². The Morgan fingerprint density at radius 3 is 2.39 bits per heavy atom. The SMILES string of the molecule is Cc1ccccc1NC(=O)[C@@H](C)OC(=O)/C=C/c1ccccc1. The van der Waals surface area contributed by atoms with Crippen molar-refractivity contribution in [1.29, 1.82) is 0 Å². The quantitative estimate of drug-likeness (QED) is 0.678. The van der Waals surface area contributed by atoms with E-state index in [1.54, 1.807) is 19.1 Å². The summed E-state index contributed by atoms with van der Waals surface area (Å²) in [5.41, 5.74) is 2.55. The predicted octanol–water partition coefficient (Wildman–Crippen LogP) is 3.58. The molecule has 0 unspecified atom stereocenters. The first kappa shape index (κ1) is 16.5. The molecule has 118 valence electrons. The Hall–Kier alpha value is -2.88. The number of carbonyl (C=O) groups excluding carboxylic acids is 2. The first-order chi connectivity index (χ1) is 11.1. The van der Waals surface area contributed by atoms with Crippen LogP contribution in [-0.2, 0) is 14.3 Å². The molecule has 0 heterocycles. The lowest BCUT2D eigenvalue weighted by Gasteiger charge is -2.13. The molecule has 2 aromatic carbocycles. The Bertz CT molecular complexity index is 708. The number of hydrogen-bond donors (Lipinski definition) is 1. The molecule has 4 nitrogen and oxygen atoms in total. The van der Waals surface area contributed by atoms with Gasteiger partial charge in [-0.25, -0.2) is 4.79 Å². The summed E-state index contributed by atoms with van der Waals surface area (Å²) in [5.74, 6) is -0.915. The van der Waals surface area contributed by atoms with E-state index in [0.717, 1.165) is 11.1 Å². The van der Waals surface area contributed by atoms with E-state index >= 15 is 0 Å². The number of ether oxygens (including phenoxy) is 1. The Balaban J connectivity index is 1.89. The van der Waals surface area contributed by atoms with Gasteiger partial charge in [0.25, 0.3) is 5.91 Å². The largest absolute Gasteiger partial charge is 0.449 e. The van der Waals surface area contributed by atoms with Gasteiger partial charge in [0.1, 0.15) is 0 Å². The molecular formula is C19H19NO3. The minimum Gasteiger partial charge on any atom is -0.449 e. The van der Waals surface area contributed by atoms with Crippen molar-refractivity contribution in [2.45, 2.75) is 20.0 Å². The summed E-state index contributed by atoms with van der Waals surface area (Å²) in [4.78, 5) is 23.8. The third kappa shape index (κ3) is 5.11. The summed E-state index contributed by atoms with van der Waals surface area (Å²) in [6.07, 6.45) is 2.09. The van der Waals surface area contributed by atoms with Gasteiger partial charge in [-0.15, -0.1) is 0 Å². The van der Waals surface area contributed by atoms with E-state index < -0.39 is 12.1 Å². The average molecular weight is 309 g/mol. The summed E-state index contributed by atoms with van der Waals surface area (Å²) in [5, 5.41) is 2.75. The zero-order chi connectivity index (χ0) is 16.7. The van der Waals surface area contributed by atoms with E-state index in [-0.39, 0.29) is 5.91 Å². The third-order valence-electron chi connectivity index (χ3n) is 3.28. The van der Waals surface area contributed by atoms with E-state index in [9.17, 15) is 9.59 Å². The fraction of sp³-hybridized carbons (Fsp3) is 0.158. The molecule has 1 atom stereocenters. The fourth-order valence-electron chi connectivity index (χ4n) is 1.94. The molecule has 0 aliphatic carbocycles. The van der Waals surface area contributed by atoms with Crippen LogP contribution in [0.25, 0.3) is 6.08 Å². The minimum atomic E-state index is -0.873. The lowest BCUT2D eigenvalue weighted by atomic mass is 10.2. The standard InChI is InChI=1S/C19H19NO3/c1-14-8-6-7-11-17(14)20-19(22)15(2)23-18(21)13-12-16-9-4-3-5-10-16/h3-13,15H,1-2H3,(H,20,22)/b13-12+/t15-/m1/s1. The van der Waals surface area contributed by atoms with Gasteiger partial charge in [-0.2, -0.15) is 0 Å². The second kappa shape index (κ2) is 7.94. The Labute approximate surface area is 135 Å². The second-order valence-electron chi connectivity index (χ2n) is 5.13. The molecule has 0 spiro atoms. The third-order valence-corrected chi connectivity index (χ3v) is 3.28. The van der Waals surface area contributed by atoms with Crippen LogP contribution in [0.5, 0.6) is 0 Å². The van der Waals surface area contributed by atoms with Crippen molar-refractivity contribution in [2.75, 3.05) is 5.32 Å². The summed E-state index contributed by atoms with van der Waals surface area (Å²) < 4.78 is 5.11. The number of nitrogens with one attached hydrogen (secondary N) is 1. The zero-order valence-corrected chi connectivity index (χ0v) is 13.2. The van der Waals surface area contributed by atoms with Crippen LogP contribution in [0.15, 0.2) is 60.7 Å². The van der Waals surface area contributed by atoms with Gasteiger partial charge in [0, 0.05) is 11.8 Å². The molecule has 0 radical (unpaired) electrons. The summed E-state index contributed by atoms with van der Waals surface area (Å²) in [7, 11) is 0. The van der Waals surface area contributed by atoms with Crippen LogP contribution in [0, 0.1) is 6.92 Å². The van der Waals surface area contributed by atoms with Gasteiger partial charge < -0.3 is 10.1 Å². The van der Waals surface area contributed by atoms with Crippen LogP contribution >= 0.6 is 0 Å². The number of aryl methyl sites for hydroxylation is 1. The molecule has 0 aliphatic heterocycles. The lowest BCUT2D eigenvalue weighted by molar-refractivity contribution is -0.148. The number of benzene rings is 2. The zero-order valence-electron chi connectivity index (χ0n) is 13.2. The van der Waals surface area contributed by atoms with Gasteiger partial charge in [-0.05, 0) is 37.1 Å². The molecule has 4 heteroatoms. The van der Waals surface area contributed by atoms with E-state index in [2.05, 4.69) is 5.32 Å². The molecule has 0 aliphatic rings. The molecular weight excluding hydrogens is 290 g/mol. The highest BCUT2D eigenvalue weighted by Crippen LogP contribution is 2.13. The number of hydrogen-bond acceptors (Lipinski definition) is 3. The van der Waals surface area contributed by atoms with Crippen LogP contribution in [0.4, 0.5) is 5.69 Å². The number of amides is 1. The van der Waals surface area contributed by atoms with Crippen LogP contribution < -0.4 is 5.32 Å². The van der Waals surface area contributed by atoms with Crippen molar-refractivity contribution < 1.29 is 14.3 Å². The van der Waals surface area contributed by atoms with Gasteiger partial charge >= 0.3 is 5.97 Å². The molecule has 1 N–H and O–H groups in total. The molecule has 0 saturated heterocycles. The summed E-state index contributed by atoms with van der Waals surface area (Å²) in [6.45, 7) is 3.44. The fourth-order valence-corrected chi connectivity index (χ4v) is 1.94. The number of carbonyl (C=O) groups is 2. The van der Waals surface area contributed by atoms with Crippen molar-refractivity contribution in [3.05, 3.63) is 71.8 Å². The maximum absolute atomic E-state index is 12.1. The normalized spacial score (nSPS) is 11.9. The Morgan fingerprint density at radius 2 is 1.70 bits per heavy atom. The van der Waals surface area contributed by atoms with E-state index in [4.69, 9.17) is 4.74 Å². The summed E-state index contributed by atoms with van der Waals surface area (Å²) in [6, 6.07) is 16.8. The smallest absolute Gasteiger partial charge is 0.331 e. The van der Waals surface area contributed by atoms with Crippen molar-refractivity contribution in [2.24, 2.45) is 0 Å². The first-order valence-electron chi connectivity index (χ1n) is 7.36. The first-order valence-corrected chi connectivity index (χ1v) is 7.36. The van der Waals surface area contributed by atoms with Crippen molar-refractivity contribution in [1.82, 2.24) is 0 Å². The Kier molecular flexibility index (Phi) is 5.69. The monoisotopic (exact) mass is 309 g/mol. The highest BCUT2D eigenvalue weighted by molar-refractivity contribution is 5.97. The van der Waals surface area contributed by atoms with Gasteiger partial charge in [0.2, 0.25) is 0 Å². The van der Waals surface area contributed by atoms with Gasteiger partial charge in [0.05, 0.1) is 0 Å². The predicted molar refractivity (Wildman–Crippen MR) is 90.8 cm³/mol. The number of rotatable bonds is 5. The number of anilines is 1. The van der Waals surface area contributed by atoms with Crippen molar-refractivity contribution >= 4 is 23.6 Å². The maximum Gasteiger partial charge on any atom is 0.331 e. The average Bonchev–Trinajstić information content (AvgIpc) is 2.56. The Morgan fingerprint density at radius 1 is 1.04 bits per heavy atom. The van der Waals surface area contributed by atoms with Gasteiger partial charge in [-0.1, -0.05) is 48.5 Å². The molecule has 1 amide bonds. The lowest BCUT2D eigenvalue weighted by Crippen LogP contribution is -2.29. The maximum atomic E-state index is 12.1. The number of esters is 1. The summed E-state index contributed by atoms with van der Waals surface area (Å²) >= 11 is 0. The molecule has 0 fully saturated rings. The topological polar surface area (TPSA) is 55.4 Å². The highest BCUT2D eigenvalue weighted by atomic mass is 16.5. The van der Waals surface area contributed by atoms with Gasteiger partial charge in [-0.3, -0.25) is 4.79 Å². The molecule has 0 aromatic heterocycles. The van der Waals surface area contributed by atoms with Crippen molar-refractivity contribution in [3.8, 4) is 0 Å². The van der Waals surface area contributed by atoms with E-state index in [1.165, 1.54) is 6.08 Å².